The number of imidazole rings is 1. The first-order valence-electron chi connectivity index (χ1n) is 10.5. The minimum atomic E-state index is -0.0527. The van der Waals surface area contributed by atoms with Crippen LogP contribution in [0, 0.1) is 4.77 Å². The molecule has 0 bridgehead atoms. The highest BCUT2D eigenvalue weighted by Crippen LogP contribution is 2.21. The van der Waals surface area contributed by atoms with Crippen LogP contribution in [-0.2, 0) is 6.67 Å². The fourth-order valence-electron chi connectivity index (χ4n) is 4.01. The molecule has 4 aromatic rings. The zero-order valence-electron chi connectivity index (χ0n) is 17.8. The fourth-order valence-corrected chi connectivity index (χ4v) is 4.30. The van der Waals surface area contributed by atoms with Gasteiger partial charge in [-0.2, -0.15) is 0 Å². The maximum absolute atomic E-state index is 12.9. The Morgan fingerprint density at radius 3 is 2.50 bits per heavy atom. The lowest BCUT2D eigenvalue weighted by molar-refractivity contribution is 0.0566. The van der Waals surface area contributed by atoms with Crippen molar-refractivity contribution in [1.29, 1.82) is 0 Å². The molecule has 8 heteroatoms. The molecule has 5 rings (SSSR count). The van der Waals surface area contributed by atoms with Crippen LogP contribution in [0.5, 0.6) is 5.75 Å². The molecule has 1 aliphatic heterocycles. The standard InChI is InChI=1S/C24H24N4O3S/c1-30-20-8-6-19(7-9-20)28-15-14-27(24(28)32)17-25-10-12-26(13-11-25)23(29)22-16-18-4-2-3-5-21(18)31-22/h2-9,14-16H,10-13,17H2,1H3. The van der Waals surface area contributed by atoms with Crippen LogP contribution in [0.4, 0.5) is 0 Å². The summed E-state index contributed by atoms with van der Waals surface area (Å²) in [7, 11) is 1.65. The van der Waals surface area contributed by atoms with E-state index in [2.05, 4.69) is 9.47 Å². The maximum Gasteiger partial charge on any atom is 0.289 e. The van der Waals surface area contributed by atoms with Crippen molar-refractivity contribution >= 4 is 29.1 Å². The van der Waals surface area contributed by atoms with Crippen LogP contribution in [0.1, 0.15) is 10.6 Å². The molecule has 0 atom stereocenters. The number of nitrogens with zero attached hydrogens (tertiary/aromatic N) is 4. The van der Waals surface area contributed by atoms with Gasteiger partial charge in [-0.25, -0.2) is 0 Å². The molecule has 0 radical (unpaired) electrons. The quantitative estimate of drug-likeness (QED) is 0.429. The van der Waals surface area contributed by atoms with Gasteiger partial charge in [0.1, 0.15) is 11.3 Å². The number of furan rings is 1. The molecule has 32 heavy (non-hydrogen) atoms. The van der Waals surface area contributed by atoms with E-state index >= 15 is 0 Å². The van der Waals surface area contributed by atoms with E-state index in [9.17, 15) is 4.79 Å². The molecule has 3 heterocycles. The summed E-state index contributed by atoms with van der Waals surface area (Å²) >= 11 is 5.69. The highest BCUT2D eigenvalue weighted by atomic mass is 32.1. The Hall–Kier alpha value is -3.36. The van der Waals surface area contributed by atoms with E-state index in [4.69, 9.17) is 21.4 Å². The van der Waals surface area contributed by atoms with E-state index in [1.54, 1.807) is 7.11 Å². The number of ether oxygens (including phenoxy) is 1. The summed E-state index contributed by atoms with van der Waals surface area (Å²) in [5.41, 5.74) is 1.74. The van der Waals surface area contributed by atoms with Gasteiger partial charge in [0.2, 0.25) is 0 Å². The largest absolute Gasteiger partial charge is 0.497 e. The third-order valence-corrected chi connectivity index (χ3v) is 6.28. The first kappa shape index (κ1) is 20.5. The van der Waals surface area contributed by atoms with Gasteiger partial charge in [0.05, 0.1) is 13.8 Å². The maximum atomic E-state index is 12.9. The molecule has 7 nitrogen and oxygen atoms in total. The molecule has 0 spiro atoms. The second kappa shape index (κ2) is 8.64. The average Bonchev–Trinajstić information content (AvgIpc) is 3.43. The molecule has 0 saturated carbocycles. The lowest BCUT2D eigenvalue weighted by Gasteiger charge is -2.34. The Morgan fingerprint density at radius 1 is 1.03 bits per heavy atom. The SMILES string of the molecule is COc1ccc(-n2ccn(CN3CCN(C(=O)c4cc5ccccc5o4)CC3)c2=S)cc1. The smallest absolute Gasteiger partial charge is 0.289 e. The van der Waals surface area contributed by atoms with E-state index in [1.807, 2.05) is 76.5 Å². The van der Waals surface area contributed by atoms with Crippen molar-refractivity contribution < 1.29 is 13.9 Å². The first-order chi connectivity index (χ1) is 15.6. The molecule has 1 fully saturated rings. The molecule has 2 aromatic heterocycles. The third-order valence-electron chi connectivity index (χ3n) is 5.85. The Labute approximate surface area is 191 Å². The van der Waals surface area contributed by atoms with Crippen LogP contribution in [-0.4, -0.2) is 58.1 Å². The predicted molar refractivity (Wildman–Crippen MR) is 125 cm³/mol. The highest BCUT2D eigenvalue weighted by Gasteiger charge is 2.24. The lowest BCUT2D eigenvalue weighted by atomic mass is 10.2. The number of fused-ring (bicyclic) bond motifs is 1. The van der Waals surface area contributed by atoms with Crippen LogP contribution in [0.15, 0.2) is 71.4 Å². The van der Waals surface area contributed by atoms with Gasteiger partial charge in [0, 0.05) is 49.6 Å². The number of methoxy groups -OCH3 is 1. The molecule has 1 saturated heterocycles. The Kier molecular flexibility index (Phi) is 5.55. The van der Waals surface area contributed by atoms with Crippen molar-refractivity contribution in [1.82, 2.24) is 18.9 Å². The predicted octanol–water partition coefficient (Wildman–Crippen LogP) is 4.18. The molecular weight excluding hydrogens is 424 g/mol. The van der Waals surface area contributed by atoms with Crippen LogP contribution >= 0.6 is 12.2 Å². The molecule has 1 aliphatic rings. The molecule has 0 aliphatic carbocycles. The van der Waals surface area contributed by atoms with E-state index in [1.165, 1.54) is 0 Å². The first-order valence-corrected chi connectivity index (χ1v) is 11.0. The molecule has 0 N–H and O–H groups in total. The number of benzene rings is 2. The number of carbonyl (C=O) groups excluding carboxylic acids is 1. The van der Waals surface area contributed by atoms with Crippen molar-refractivity contribution in [2.75, 3.05) is 33.3 Å². The molecule has 0 unspecified atom stereocenters. The van der Waals surface area contributed by atoms with E-state index in [0.717, 1.165) is 40.3 Å². The summed E-state index contributed by atoms with van der Waals surface area (Å²) in [5, 5.41) is 0.949. The second-order valence-corrected chi connectivity index (χ2v) is 8.18. The Morgan fingerprint density at radius 2 is 1.78 bits per heavy atom. The molecule has 2 aromatic carbocycles. The molecule has 164 valence electrons. The van der Waals surface area contributed by atoms with E-state index in [0.29, 0.717) is 25.5 Å². The van der Waals surface area contributed by atoms with Crippen LogP contribution < -0.4 is 4.74 Å². The fraction of sp³-hybridized carbons (Fsp3) is 0.250. The topological polar surface area (TPSA) is 55.8 Å². The van der Waals surface area contributed by atoms with Crippen LogP contribution in [0.2, 0.25) is 0 Å². The van der Waals surface area contributed by atoms with Crippen LogP contribution in [0.3, 0.4) is 0 Å². The number of para-hydroxylation sites is 1. The van der Waals surface area contributed by atoms with Gasteiger partial charge in [0.15, 0.2) is 10.5 Å². The monoisotopic (exact) mass is 448 g/mol. The molecular formula is C24H24N4O3S. The molecule has 1 amide bonds. The number of aromatic nitrogens is 2. The zero-order valence-corrected chi connectivity index (χ0v) is 18.6. The number of amides is 1. The second-order valence-electron chi connectivity index (χ2n) is 7.82. The Balaban J connectivity index is 1.22. The van der Waals surface area contributed by atoms with Gasteiger partial charge in [-0.15, -0.1) is 0 Å². The van der Waals surface area contributed by atoms with E-state index < -0.39 is 0 Å². The van der Waals surface area contributed by atoms with Crippen molar-refractivity contribution in [3.63, 3.8) is 0 Å². The number of hydrogen-bond acceptors (Lipinski definition) is 5. The minimum Gasteiger partial charge on any atom is -0.497 e. The van der Waals surface area contributed by atoms with Gasteiger partial charge < -0.3 is 18.6 Å². The van der Waals surface area contributed by atoms with Gasteiger partial charge in [-0.1, -0.05) is 18.2 Å². The highest BCUT2D eigenvalue weighted by molar-refractivity contribution is 7.71. The lowest BCUT2D eigenvalue weighted by Crippen LogP contribution is -2.48. The minimum absolute atomic E-state index is 0.0527. The summed E-state index contributed by atoms with van der Waals surface area (Å²) in [5.74, 6) is 1.16. The van der Waals surface area contributed by atoms with Gasteiger partial charge in [-0.05, 0) is 48.6 Å². The van der Waals surface area contributed by atoms with Crippen molar-refractivity contribution in [3.05, 3.63) is 77.5 Å². The average molecular weight is 449 g/mol. The Bertz CT molecular complexity index is 1260. The summed E-state index contributed by atoms with van der Waals surface area (Å²) in [4.78, 5) is 17.0. The van der Waals surface area contributed by atoms with E-state index in [-0.39, 0.29) is 5.91 Å². The van der Waals surface area contributed by atoms with Gasteiger partial charge >= 0.3 is 0 Å². The van der Waals surface area contributed by atoms with Crippen molar-refractivity contribution in [2.24, 2.45) is 0 Å². The number of piperazine rings is 1. The zero-order chi connectivity index (χ0) is 22.1. The summed E-state index contributed by atoms with van der Waals surface area (Å²) in [6, 6.07) is 17.3. The third kappa shape index (κ3) is 3.94. The van der Waals surface area contributed by atoms with Gasteiger partial charge in [0.25, 0.3) is 5.91 Å². The number of carbonyl (C=O) groups is 1. The van der Waals surface area contributed by atoms with Crippen molar-refractivity contribution in [2.45, 2.75) is 6.67 Å². The number of rotatable bonds is 5. The number of hydrogen-bond donors (Lipinski definition) is 0. The van der Waals surface area contributed by atoms with Gasteiger partial charge in [-0.3, -0.25) is 14.3 Å². The summed E-state index contributed by atoms with van der Waals surface area (Å²) in [6.07, 6.45) is 3.98. The normalized spacial score (nSPS) is 14.7. The van der Waals surface area contributed by atoms with Crippen molar-refractivity contribution in [3.8, 4) is 11.4 Å². The summed E-state index contributed by atoms with van der Waals surface area (Å²) in [6.45, 7) is 3.56. The summed E-state index contributed by atoms with van der Waals surface area (Å²) < 4.78 is 15.7. The van der Waals surface area contributed by atoms with Crippen LogP contribution in [0.25, 0.3) is 16.7 Å².